The second kappa shape index (κ2) is 15.8. The summed E-state index contributed by atoms with van der Waals surface area (Å²) < 4.78 is 28.0. The van der Waals surface area contributed by atoms with Gasteiger partial charge >= 0.3 is 7.82 Å². The van der Waals surface area contributed by atoms with Gasteiger partial charge in [-0.25, -0.2) is 4.57 Å². The molecule has 1 rings (SSSR count). The minimum atomic E-state index is -3.31. The summed E-state index contributed by atoms with van der Waals surface area (Å²) in [4.78, 5) is 0. The predicted octanol–water partition coefficient (Wildman–Crippen LogP) is 6.54. The standard InChI is InChI=1S/C12H27O4P.C7H8/c1-4-7-10-14-17(13,15-11-8-5-2)16-12-9-6-3;1-7-5-3-2-4-6-7/h4-12H2,1-3H3;2-6H,1H3. The molecule has 0 aromatic heterocycles. The summed E-state index contributed by atoms with van der Waals surface area (Å²) in [5.74, 6) is 0. The van der Waals surface area contributed by atoms with Gasteiger partial charge < -0.3 is 0 Å². The Hall–Kier alpha value is -0.670. The van der Waals surface area contributed by atoms with Crippen LogP contribution in [-0.4, -0.2) is 19.8 Å². The average Bonchev–Trinajstić information content (AvgIpc) is 2.57. The van der Waals surface area contributed by atoms with Crippen molar-refractivity contribution in [2.45, 2.75) is 66.2 Å². The first-order valence-electron chi connectivity index (χ1n) is 9.13. The van der Waals surface area contributed by atoms with Crippen molar-refractivity contribution in [3.8, 4) is 0 Å². The monoisotopic (exact) mass is 358 g/mol. The fourth-order valence-electron chi connectivity index (χ4n) is 1.61. The van der Waals surface area contributed by atoms with Crippen molar-refractivity contribution in [2.24, 2.45) is 0 Å². The summed E-state index contributed by atoms with van der Waals surface area (Å²) in [6, 6.07) is 10.3. The van der Waals surface area contributed by atoms with E-state index in [0.717, 1.165) is 38.5 Å². The lowest BCUT2D eigenvalue weighted by Crippen LogP contribution is -2.03. The van der Waals surface area contributed by atoms with Crippen LogP contribution in [0.15, 0.2) is 30.3 Å². The van der Waals surface area contributed by atoms with E-state index in [2.05, 4.69) is 39.8 Å². The second-order valence-corrected chi connectivity index (χ2v) is 7.33. The molecule has 0 fully saturated rings. The first-order valence-corrected chi connectivity index (χ1v) is 10.6. The summed E-state index contributed by atoms with van der Waals surface area (Å²) in [5.41, 5.74) is 1.32. The molecule has 0 aliphatic rings. The van der Waals surface area contributed by atoms with E-state index < -0.39 is 7.82 Å². The van der Waals surface area contributed by atoms with Crippen molar-refractivity contribution < 1.29 is 18.1 Å². The molecule has 0 unspecified atom stereocenters. The van der Waals surface area contributed by atoms with Gasteiger partial charge in [0.1, 0.15) is 0 Å². The predicted molar refractivity (Wildman–Crippen MR) is 101 cm³/mol. The van der Waals surface area contributed by atoms with E-state index in [-0.39, 0.29) is 0 Å². The highest BCUT2D eigenvalue weighted by Gasteiger charge is 2.25. The molecule has 0 aliphatic carbocycles. The fraction of sp³-hybridized carbons (Fsp3) is 0.684. The van der Waals surface area contributed by atoms with Crippen molar-refractivity contribution in [3.63, 3.8) is 0 Å². The van der Waals surface area contributed by atoms with Crippen molar-refractivity contribution in [3.05, 3.63) is 35.9 Å². The van der Waals surface area contributed by atoms with Gasteiger partial charge in [-0.1, -0.05) is 75.9 Å². The van der Waals surface area contributed by atoms with Gasteiger partial charge in [0.25, 0.3) is 0 Å². The van der Waals surface area contributed by atoms with Crippen molar-refractivity contribution in [2.75, 3.05) is 19.8 Å². The minimum absolute atomic E-state index is 0.437. The summed E-state index contributed by atoms with van der Waals surface area (Å²) in [7, 11) is -3.31. The summed E-state index contributed by atoms with van der Waals surface area (Å²) >= 11 is 0. The number of hydrogen-bond donors (Lipinski definition) is 0. The van der Waals surface area contributed by atoms with E-state index in [9.17, 15) is 4.57 Å². The van der Waals surface area contributed by atoms with Gasteiger partial charge in [0.15, 0.2) is 0 Å². The van der Waals surface area contributed by atoms with E-state index in [4.69, 9.17) is 13.6 Å². The van der Waals surface area contributed by atoms with Crippen LogP contribution in [0.25, 0.3) is 0 Å². The van der Waals surface area contributed by atoms with Crippen LogP contribution in [0.2, 0.25) is 0 Å². The number of hydrogen-bond acceptors (Lipinski definition) is 4. The lowest BCUT2D eigenvalue weighted by atomic mass is 10.2. The van der Waals surface area contributed by atoms with E-state index in [1.165, 1.54) is 5.56 Å². The van der Waals surface area contributed by atoms with Crippen LogP contribution in [0.5, 0.6) is 0 Å². The molecule has 1 aromatic rings. The lowest BCUT2D eigenvalue weighted by molar-refractivity contribution is 0.110. The summed E-state index contributed by atoms with van der Waals surface area (Å²) in [6.45, 7) is 9.57. The van der Waals surface area contributed by atoms with Gasteiger partial charge in [0, 0.05) is 0 Å². The fourth-order valence-corrected chi connectivity index (χ4v) is 2.89. The Kier molecular flexibility index (Phi) is 15.4. The maximum atomic E-state index is 12.2. The number of phosphoric ester groups is 1. The number of benzene rings is 1. The molecule has 0 radical (unpaired) electrons. The Morgan fingerprint density at radius 1 is 0.750 bits per heavy atom. The van der Waals surface area contributed by atoms with Gasteiger partial charge in [0.05, 0.1) is 19.8 Å². The number of aryl methyl sites for hydroxylation is 1. The molecule has 0 saturated carbocycles. The maximum Gasteiger partial charge on any atom is 0.474 e. The van der Waals surface area contributed by atoms with Gasteiger partial charge in [-0.3, -0.25) is 13.6 Å². The first kappa shape index (κ1) is 23.3. The third-order valence-corrected chi connectivity index (χ3v) is 4.68. The van der Waals surface area contributed by atoms with Gasteiger partial charge in [-0.05, 0) is 26.2 Å². The summed E-state index contributed by atoms with van der Waals surface area (Å²) in [5, 5.41) is 0. The Morgan fingerprint density at radius 3 is 1.38 bits per heavy atom. The van der Waals surface area contributed by atoms with Crippen LogP contribution in [0.1, 0.15) is 64.9 Å². The highest BCUT2D eigenvalue weighted by molar-refractivity contribution is 7.48. The van der Waals surface area contributed by atoms with Crippen LogP contribution in [0, 0.1) is 6.92 Å². The van der Waals surface area contributed by atoms with E-state index in [1.807, 2.05) is 18.2 Å². The van der Waals surface area contributed by atoms with E-state index >= 15 is 0 Å². The largest absolute Gasteiger partial charge is 0.474 e. The first-order chi connectivity index (χ1) is 11.6. The topological polar surface area (TPSA) is 44.8 Å². The highest BCUT2D eigenvalue weighted by atomic mass is 31.2. The molecule has 0 spiro atoms. The number of unbranched alkanes of at least 4 members (excludes halogenated alkanes) is 3. The van der Waals surface area contributed by atoms with Gasteiger partial charge in [0.2, 0.25) is 0 Å². The van der Waals surface area contributed by atoms with Crippen LogP contribution in [0.3, 0.4) is 0 Å². The van der Waals surface area contributed by atoms with Gasteiger partial charge in [-0.15, -0.1) is 0 Å². The molecule has 0 bridgehead atoms. The second-order valence-electron chi connectivity index (χ2n) is 5.66. The zero-order valence-corrected chi connectivity index (χ0v) is 16.7. The Labute approximate surface area is 148 Å². The lowest BCUT2D eigenvalue weighted by Gasteiger charge is -2.17. The van der Waals surface area contributed by atoms with E-state index in [1.54, 1.807) is 0 Å². The molecule has 1 aromatic carbocycles. The zero-order chi connectivity index (χ0) is 18.1. The third kappa shape index (κ3) is 13.7. The molecule has 0 atom stereocenters. The molecule has 4 nitrogen and oxygen atoms in total. The average molecular weight is 358 g/mol. The highest BCUT2D eigenvalue weighted by Crippen LogP contribution is 2.49. The minimum Gasteiger partial charge on any atom is -0.287 e. The molecule has 0 aliphatic heterocycles. The van der Waals surface area contributed by atoms with Crippen molar-refractivity contribution >= 4 is 7.82 Å². The van der Waals surface area contributed by atoms with Crippen molar-refractivity contribution in [1.29, 1.82) is 0 Å². The number of rotatable bonds is 12. The Balaban J connectivity index is 0.000000620. The normalized spacial score (nSPS) is 11.0. The molecular weight excluding hydrogens is 323 g/mol. The smallest absolute Gasteiger partial charge is 0.287 e. The Bertz CT molecular complexity index is 389. The van der Waals surface area contributed by atoms with Crippen LogP contribution >= 0.6 is 7.82 Å². The van der Waals surface area contributed by atoms with Crippen molar-refractivity contribution in [1.82, 2.24) is 0 Å². The molecule has 0 saturated heterocycles. The molecule has 5 heteroatoms. The SMILES string of the molecule is CCCCOP(=O)(OCCCC)OCCCC.Cc1ccccc1. The van der Waals surface area contributed by atoms with Crippen LogP contribution < -0.4 is 0 Å². The zero-order valence-electron chi connectivity index (χ0n) is 15.8. The quantitative estimate of drug-likeness (QED) is 0.314. The molecule has 0 amide bonds. The molecular formula is C19H35O4P. The maximum absolute atomic E-state index is 12.2. The Morgan fingerprint density at radius 2 is 1.12 bits per heavy atom. The van der Waals surface area contributed by atoms with Crippen LogP contribution in [0.4, 0.5) is 0 Å². The third-order valence-electron chi connectivity index (χ3n) is 3.18. The van der Waals surface area contributed by atoms with Gasteiger partial charge in [-0.2, -0.15) is 0 Å². The van der Waals surface area contributed by atoms with E-state index in [0.29, 0.717) is 19.8 Å². The van der Waals surface area contributed by atoms with Crippen LogP contribution in [-0.2, 0) is 18.1 Å². The molecule has 0 N–H and O–H groups in total. The summed E-state index contributed by atoms with van der Waals surface area (Å²) in [6.07, 6.45) is 5.63. The number of phosphoric acid groups is 1. The molecule has 0 heterocycles. The molecule has 140 valence electrons. The molecule has 24 heavy (non-hydrogen) atoms.